The van der Waals surface area contributed by atoms with Gasteiger partial charge in [0.15, 0.2) is 0 Å². The number of carbonyl (C=O) groups excluding carboxylic acids is 1. The Kier molecular flexibility index (Phi) is 4.97. The SMILES string of the molecule is CN(C)C(=O)[C@@H]1C[C@H](S)CN1.Cl. The smallest absolute Gasteiger partial charge is 0.239 e. The van der Waals surface area contributed by atoms with E-state index in [0.717, 1.165) is 13.0 Å². The highest BCUT2D eigenvalue weighted by Crippen LogP contribution is 2.12. The van der Waals surface area contributed by atoms with Gasteiger partial charge >= 0.3 is 0 Å². The van der Waals surface area contributed by atoms with Gasteiger partial charge in [-0.2, -0.15) is 12.6 Å². The molecule has 1 heterocycles. The Morgan fingerprint density at radius 3 is 2.50 bits per heavy atom. The summed E-state index contributed by atoms with van der Waals surface area (Å²) in [7, 11) is 3.55. The number of carbonyl (C=O) groups is 1. The minimum atomic E-state index is -0.00694. The summed E-state index contributed by atoms with van der Waals surface area (Å²) in [6.07, 6.45) is 0.847. The summed E-state index contributed by atoms with van der Waals surface area (Å²) < 4.78 is 0. The van der Waals surface area contributed by atoms with Crippen molar-refractivity contribution in [2.45, 2.75) is 17.7 Å². The minimum absolute atomic E-state index is 0. The van der Waals surface area contributed by atoms with E-state index in [2.05, 4.69) is 17.9 Å². The highest BCUT2D eigenvalue weighted by Gasteiger charge is 2.27. The Hall–Kier alpha value is 0.0700. The molecule has 5 heteroatoms. The second kappa shape index (κ2) is 4.94. The molecular formula is C7H15ClN2OS. The first-order valence-electron chi connectivity index (χ1n) is 3.74. The lowest BCUT2D eigenvalue weighted by molar-refractivity contribution is -0.130. The summed E-state index contributed by atoms with van der Waals surface area (Å²) in [6.45, 7) is 0.841. The first kappa shape index (κ1) is 12.1. The molecule has 1 aliphatic rings. The van der Waals surface area contributed by atoms with E-state index in [1.807, 2.05) is 0 Å². The average Bonchev–Trinajstić information content (AvgIpc) is 2.34. The summed E-state index contributed by atoms with van der Waals surface area (Å²) in [4.78, 5) is 12.9. The van der Waals surface area contributed by atoms with Crippen molar-refractivity contribution in [1.82, 2.24) is 10.2 Å². The second-order valence-electron chi connectivity index (χ2n) is 3.08. The number of rotatable bonds is 1. The van der Waals surface area contributed by atoms with Gasteiger partial charge in [-0.05, 0) is 6.42 Å². The zero-order valence-corrected chi connectivity index (χ0v) is 8.99. The van der Waals surface area contributed by atoms with Gasteiger partial charge in [0.1, 0.15) is 0 Å². The van der Waals surface area contributed by atoms with Gasteiger partial charge in [0.2, 0.25) is 5.91 Å². The van der Waals surface area contributed by atoms with Gasteiger partial charge in [-0.25, -0.2) is 0 Å². The average molecular weight is 211 g/mol. The van der Waals surface area contributed by atoms with Crippen LogP contribution in [0.15, 0.2) is 0 Å². The van der Waals surface area contributed by atoms with E-state index in [4.69, 9.17) is 0 Å². The van der Waals surface area contributed by atoms with E-state index in [1.54, 1.807) is 19.0 Å². The predicted molar refractivity (Wildman–Crippen MR) is 55.1 cm³/mol. The van der Waals surface area contributed by atoms with E-state index in [-0.39, 0.29) is 24.4 Å². The van der Waals surface area contributed by atoms with Gasteiger partial charge < -0.3 is 10.2 Å². The molecule has 72 valence electrons. The molecular weight excluding hydrogens is 196 g/mol. The number of nitrogens with zero attached hydrogens (tertiary/aromatic N) is 1. The van der Waals surface area contributed by atoms with Crippen LogP contribution >= 0.6 is 25.0 Å². The van der Waals surface area contributed by atoms with E-state index in [9.17, 15) is 4.79 Å². The van der Waals surface area contributed by atoms with Crippen molar-refractivity contribution in [3.8, 4) is 0 Å². The molecule has 1 amide bonds. The molecule has 0 aromatic heterocycles. The van der Waals surface area contributed by atoms with E-state index in [0.29, 0.717) is 5.25 Å². The van der Waals surface area contributed by atoms with Gasteiger partial charge in [0.25, 0.3) is 0 Å². The number of hydrogen-bond donors (Lipinski definition) is 2. The third-order valence-electron chi connectivity index (χ3n) is 1.85. The quantitative estimate of drug-likeness (QED) is 0.605. The molecule has 3 nitrogen and oxygen atoms in total. The van der Waals surface area contributed by atoms with Crippen molar-refractivity contribution in [2.24, 2.45) is 0 Å². The van der Waals surface area contributed by atoms with Crippen LogP contribution in [0.3, 0.4) is 0 Å². The standard InChI is InChI=1S/C7H14N2OS.ClH/c1-9(2)7(10)6-3-5(11)4-8-6;/h5-6,8,11H,3-4H2,1-2H3;1H/t5-,6-;/m0./s1. The molecule has 0 aromatic carbocycles. The molecule has 0 aliphatic carbocycles. The van der Waals surface area contributed by atoms with Gasteiger partial charge in [0, 0.05) is 25.9 Å². The summed E-state index contributed by atoms with van der Waals surface area (Å²) >= 11 is 4.28. The largest absolute Gasteiger partial charge is 0.347 e. The van der Waals surface area contributed by atoms with Crippen molar-refractivity contribution < 1.29 is 4.79 Å². The Balaban J connectivity index is 0.00000121. The van der Waals surface area contributed by atoms with Crippen LogP contribution in [0.4, 0.5) is 0 Å². The van der Waals surface area contributed by atoms with Crippen LogP contribution in [0.2, 0.25) is 0 Å². The molecule has 12 heavy (non-hydrogen) atoms. The van der Waals surface area contributed by atoms with Crippen molar-refractivity contribution in [2.75, 3.05) is 20.6 Å². The first-order valence-corrected chi connectivity index (χ1v) is 4.25. The molecule has 0 saturated carbocycles. The number of likely N-dealkylation sites (N-methyl/N-ethyl adjacent to an activating group) is 1. The topological polar surface area (TPSA) is 32.3 Å². The summed E-state index contributed by atoms with van der Waals surface area (Å²) in [5.41, 5.74) is 0. The number of amides is 1. The molecule has 2 atom stereocenters. The Morgan fingerprint density at radius 2 is 2.17 bits per heavy atom. The van der Waals surface area contributed by atoms with Crippen molar-refractivity contribution in [3.05, 3.63) is 0 Å². The summed E-state index contributed by atoms with van der Waals surface area (Å²) in [5.74, 6) is 0.154. The molecule has 1 saturated heterocycles. The molecule has 0 bridgehead atoms. The van der Waals surface area contributed by atoms with Crippen LogP contribution in [-0.2, 0) is 4.79 Å². The van der Waals surface area contributed by atoms with Crippen LogP contribution in [0.25, 0.3) is 0 Å². The van der Waals surface area contributed by atoms with Gasteiger partial charge in [-0.15, -0.1) is 12.4 Å². The highest BCUT2D eigenvalue weighted by atomic mass is 35.5. The number of nitrogens with one attached hydrogen (secondary N) is 1. The maximum atomic E-state index is 11.3. The number of halogens is 1. The summed E-state index contributed by atoms with van der Waals surface area (Å²) in [5, 5.41) is 3.46. The Bertz CT molecular complexity index is 165. The zero-order chi connectivity index (χ0) is 8.43. The molecule has 1 fully saturated rings. The molecule has 1 N–H and O–H groups in total. The predicted octanol–water partition coefficient (Wildman–Crippen LogP) is 0.157. The third-order valence-corrected chi connectivity index (χ3v) is 2.24. The zero-order valence-electron chi connectivity index (χ0n) is 7.28. The van der Waals surface area contributed by atoms with Gasteiger partial charge in [0.05, 0.1) is 6.04 Å². The normalized spacial score (nSPS) is 27.9. The van der Waals surface area contributed by atoms with Gasteiger partial charge in [-0.1, -0.05) is 0 Å². The number of thiol groups is 1. The number of hydrogen-bond acceptors (Lipinski definition) is 3. The van der Waals surface area contributed by atoms with Crippen molar-refractivity contribution >= 4 is 30.9 Å². The maximum Gasteiger partial charge on any atom is 0.239 e. The molecule has 1 rings (SSSR count). The van der Waals surface area contributed by atoms with Crippen LogP contribution in [0, 0.1) is 0 Å². The molecule has 1 aliphatic heterocycles. The molecule has 0 aromatic rings. The Morgan fingerprint density at radius 1 is 1.58 bits per heavy atom. The van der Waals surface area contributed by atoms with Crippen LogP contribution in [-0.4, -0.2) is 42.7 Å². The lowest BCUT2D eigenvalue weighted by atomic mass is 10.2. The van der Waals surface area contributed by atoms with Crippen LogP contribution in [0.1, 0.15) is 6.42 Å². The first-order chi connectivity index (χ1) is 5.11. The van der Waals surface area contributed by atoms with Crippen molar-refractivity contribution in [1.29, 1.82) is 0 Å². The minimum Gasteiger partial charge on any atom is -0.347 e. The van der Waals surface area contributed by atoms with Gasteiger partial charge in [-0.3, -0.25) is 4.79 Å². The second-order valence-corrected chi connectivity index (χ2v) is 3.81. The van der Waals surface area contributed by atoms with Crippen LogP contribution in [0.5, 0.6) is 0 Å². The fourth-order valence-electron chi connectivity index (χ4n) is 1.22. The fourth-order valence-corrected chi connectivity index (χ4v) is 1.53. The van der Waals surface area contributed by atoms with E-state index in [1.165, 1.54) is 0 Å². The summed E-state index contributed by atoms with van der Waals surface area (Å²) in [6, 6.07) is -0.00694. The third kappa shape index (κ3) is 2.84. The highest BCUT2D eigenvalue weighted by molar-refractivity contribution is 7.81. The molecule has 0 unspecified atom stereocenters. The monoisotopic (exact) mass is 210 g/mol. The molecule has 0 spiro atoms. The Labute approximate surface area is 84.7 Å². The van der Waals surface area contributed by atoms with E-state index < -0.39 is 0 Å². The maximum absolute atomic E-state index is 11.3. The fraction of sp³-hybridized carbons (Fsp3) is 0.857. The van der Waals surface area contributed by atoms with Crippen molar-refractivity contribution in [3.63, 3.8) is 0 Å². The lowest BCUT2D eigenvalue weighted by Crippen LogP contribution is -2.39. The lowest BCUT2D eigenvalue weighted by Gasteiger charge is -2.15. The van der Waals surface area contributed by atoms with Crippen LogP contribution < -0.4 is 5.32 Å². The van der Waals surface area contributed by atoms with E-state index >= 15 is 0 Å². The molecule has 0 radical (unpaired) electrons.